The fourth-order valence-electron chi connectivity index (χ4n) is 1.49. The highest BCUT2D eigenvalue weighted by Gasteiger charge is 2.35. The summed E-state index contributed by atoms with van der Waals surface area (Å²) in [5.41, 5.74) is -0.968. The molecular weight excluding hydrogens is 284 g/mol. The average Bonchev–Trinajstić information content (AvgIpc) is 2.38. The van der Waals surface area contributed by atoms with Crippen LogP contribution in [0.15, 0.2) is 30.5 Å². The van der Waals surface area contributed by atoms with Gasteiger partial charge in [0.25, 0.3) is 0 Å². The summed E-state index contributed by atoms with van der Waals surface area (Å²) in [7, 11) is 0. The number of nitrogens with zero attached hydrogens (tertiary/aromatic N) is 2. The van der Waals surface area contributed by atoms with E-state index in [0.717, 1.165) is 18.3 Å². The van der Waals surface area contributed by atoms with Gasteiger partial charge in [0.1, 0.15) is 5.82 Å². The lowest BCUT2D eigenvalue weighted by Crippen LogP contribution is -2.13. The Morgan fingerprint density at radius 3 is 2.26 bits per heavy atom. The maximum Gasteiger partial charge on any atom is 0.433 e. The maximum atomic E-state index is 12.8. The van der Waals surface area contributed by atoms with Crippen LogP contribution in [0.1, 0.15) is 11.3 Å². The number of rotatable bonds is 2. The lowest BCUT2D eigenvalue weighted by molar-refractivity contribution is -0.141. The summed E-state index contributed by atoms with van der Waals surface area (Å²) < 4.78 is 51.1. The zero-order valence-electron chi connectivity index (χ0n) is 9.38. The van der Waals surface area contributed by atoms with E-state index in [1.165, 1.54) is 12.1 Å². The first kappa shape index (κ1) is 13.7. The molecule has 0 amide bonds. The first-order valence-electron chi connectivity index (χ1n) is 5.17. The Morgan fingerprint density at radius 2 is 1.74 bits per heavy atom. The summed E-state index contributed by atoms with van der Waals surface area (Å²) >= 11 is 5.43. The summed E-state index contributed by atoms with van der Waals surface area (Å²) in [6, 6.07) is 4.87. The van der Waals surface area contributed by atoms with Crippen molar-refractivity contribution in [1.82, 2.24) is 9.97 Å². The maximum absolute atomic E-state index is 12.8. The third kappa shape index (κ3) is 3.01. The first-order chi connectivity index (χ1) is 8.91. The molecule has 2 nitrogen and oxygen atoms in total. The molecule has 0 atom stereocenters. The number of benzene rings is 1. The molecule has 0 saturated carbocycles. The molecular formula is C12H7ClF4N2. The summed E-state index contributed by atoms with van der Waals surface area (Å²) in [4.78, 5) is 7.28. The predicted octanol–water partition coefficient (Wildman–Crippen LogP) is 4.04. The molecule has 2 aromatic rings. The highest BCUT2D eigenvalue weighted by atomic mass is 35.5. The van der Waals surface area contributed by atoms with Crippen molar-refractivity contribution in [1.29, 1.82) is 0 Å². The zero-order chi connectivity index (χ0) is 14.0. The molecule has 0 aliphatic rings. The normalized spacial score (nSPS) is 11.6. The van der Waals surface area contributed by atoms with E-state index in [0.29, 0.717) is 5.56 Å². The minimum absolute atomic E-state index is 0.124. The van der Waals surface area contributed by atoms with Crippen LogP contribution < -0.4 is 0 Å². The van der Waals surface area contributed by atoms with E-state index >= 15 is 0 Å². The van der Waals surface area contributed by atoms with Gasteiger partial charge in [-0.05, 0) is 24.3 Å². The second-order valence-corrected chi connectivity index (χ2v) is 3.97. The quantitative estimate of drug-likeness (QED) is 0.616. The summed E-state index contributed by atoms with van der Waals surface area (Å²) in [5, 5.41) is 0. The molecule has 0 saturated heterocycles. The lowest BCUT2D eigenvalue weighted by atomic mass is 10.2. The van der Waals surface area contributed by atoms with E-state index in [1.54, 1.807) is 0 Å². The van der Waals surface area contributed by atoms with Gasteiger partial charge in [-0.2, -0.15) is 13.2 Å². The molecule has 0 fully saturated rings. The number of alkyl halides is 4. The molecule has 0 aliphatic carbocycles. The third-order valence-corrected chi connectivity index (χ3v) is 2.67. The van der Waals surface area contributed by atoms with Gasteiger partial charge < -0.3 is 0 Å². The van der Waals surface area contributed by atoms with Crippen molar-refractivity contribution in [3.8, 4) is 11.4 Å². The minimum atomic E-state index is -4.61. The molecule has 0 bridgehead atoms. The molecule has 0 unspecified atom stereocenters. The van der Waals surface area contributed by atoms with Crippen molar-refractivity contribution in [2.45, 2.75) is 12.1 Å². The smallest absolute Gasteiger partial charge is 0.236 e. The first-order valence-corrected chi connectivity index (χ1v) is 5.70. The van der Waals surface area contributed by atoms with Crippen LogP contribution >= 0.6 is 11.6 Å². The Bertz CT molecular complexity index is 581. The van der Waals surface area contributed by atoms with Crippen LogP contribution in [0.2, 0.25) is 0 Å². The Labute approximate surface area is 111 Å². The Kier molecular flexibility index (Phi) is 3.71. The Morgan fingerprint density at radius 1 is 1.11 bits per heavy atom. The van der Waals surface area contributed by atoms with E-state index in [9.17, 15) is 17.6 Å². The van der Waals surface area contributed by atoms with E-state index in [1.807, 2.05) is 0 Å². The van der Waals surface area contributed by atoms with Gasteiger partial charge in [-0.3, -0.25) is 0 Å². The highest BCUT2D eigenvalue weighted by Crippen LogP contribution is 2.32. The van der Waals surface area contributed by atoms with E-state index in [2.05, 4.69) is 9.97 Å². The molecule has 0 radical (unpaired) electrons. The van der Waals surface area contributed by atoms with E-state index < -0.39 is 17.7 Å². The highest BCUT2D eigenvalue weighted by molar-refractivity contribution is 6.17. The Hall–Kier alpha value is -1.69. The monoisotopic (exact) mass is 290 g/mol. The molecule has 0 aliphatic heterocycles. The molecule has 2 rings (SSSR count). The third-order valence-electron chi connectivity index (χ3n) is 2.38. The van der Waals surface area contributed by atoms with Gasteiger partial charge in [0.15, 0.2) is 11.5 Å². The largest absolute Gasteiger partial charge is 0.433 e. The van der Waals surface area contributed by atoms with Crippen LogP contribution in [0.4, 0.5) is 17.6 Å². The molecule has 19 heavy (non-hydrogen) atoms. The standard InChI is InChI=1S/C12H7ClF4N2/c13-5-8-6-18-11(19-10(8)12(15,16)17)7-1-3-9(14)4-2-7/h1-4,6H,5H2. The van der Waals surface area contributed by atoms with Gasteiger partial charge in [-0.15, -0.1) is 11.6 Å². The molecule has 0 N–H and O–H groups in total. The molecule has 100 valence electrons. The van der Waals surface area contributed by atoms with Crippen LogP contribution in [-0.4, -0.2) is 9.97 Å². The van der Waals surface area contributed by atoms with Crippen LogP contribution in [0, 0.1) is 5.82 Å². The topological polar surface area (TPSA) is 25.8 Å². The van der Waals surface area contributed by atoms with Gasteiger partial charge in [-0.1, -0.05) is 0 Å². The van der Waals surface area contributed by atoms with Crippen molar-refractivity contribution < 1.29 is 17.6 Å². The van der Waals surface area contributed by atoms with E-state index in [-0.39, 0.29) is 17.3 Å². The van der Waals surface area contributed by atoms with Crippen molar-refractivity contribution in [2.75, 3.05) is 0 Å². The van der Waals surface area contributed by atoms with Gasteiger partial charge in [0.05, 0.1) is 5.88 Å². The lowest BCUT2D eigenvalue weighted by Gasteiger charge is -2.11. The van der Waals surface area contributed by atoms with Gasteiger partial charge in [-0.25, -0.2) is 14.4 Å². The number of halogens is 5. The summed E-state index contributed by atoms with van der Waals surface area (Å²) in [6.07, 6.45) is -3.58. The van der Waals surface area contributed by atoms with Crippen molar-refractivity contribution in [3.63, 3.8) is 0 Å². The van der Waals surface area contributed by atoms with Crippen molar-refractivity contribution in [3.05, 3.63) is 47.5 Å². The number of hydrogen-bond acceptors (Lipinski definition) is 2. The fourth-order valence-corrected chi connectivity index (χ4v) is 1.68. The summed E-state index contributed by atoms with van der Waals surface area (Å²) in [6.45, 7) is 0. The van der Waals surface area contributed by atoms with Crippen LogP contribution in [0.25, 0.3) is 11.4 Å². The summed E-state index contributed by atoms with van der Waals surface area (Å²) in [5.74, 6) is -0.947. The molecule has 1 aromatic carbocycles. The number of aromatic nitrogens is 2. The molecule has 7 heteroatoms. The zero-order valence-corrected chi connectivity index (χ0v) is 10.1. The van der Waals surface area contributed by atoms with Gasteiger partial charge >= 0.3 is 6.18 Å². The minimum Gasteiger partial charge on any atom is -0.236 e. The van der Waals surface area contributed by atoms with Gasteiger partial charge in [0.2, 0.25) is 0 Å². The van der Waals surface area contributed by atoms with Crippen molar-refractivity contribution in [2.24, 2.45) is 0 Å². The molecule has 0 spiro atoms. The number of hydrogen-bond donors (Lipinski definition) is 0. The van der Waals surface area contributed by atoms with Gasteiger partial charge in [0, 0.05) is 17.3 Å². The Balaban J connectivity index is 2.52. The van der Waals surface area contributed by atoms with Crippen LogP contribution in [0.5, 0.6) is 0 Å². The SMILES string of the molecule is Fc1ccc(-c2ncc(CCl)c(C(F)(F)F)n2)cc1. The molecule has 1 heterocycles. The van der Waals surface area contributed by atoms with E-state index in [4.69, 9.17) is 11.6 Å². The fraction of sp³-hybridized carbons (Fsp3) is 0.167. The second kappa shape index (κ2) is 5.13. The second-order valence-electron chi connectivity index (χ2n) is 3.71. The average molecular weight is 291 g/mol. The van der Waals surface area contributed by atoms with Crippen LogP contribution in [-0.2, 0) is 12.1 Å². The van der Waals surface area contributed by atoms with Crippen LogP contribution in [0.3, 0.4) is 0 Å². The molecule has 1 aromatic heterocycles. The van der Waals surface area contributed by atoms with Crippen molar-refractivity contribution >= 4 is 11.6 Å². The predicted molar refractivity (Wildman–Crippen MR) is 62.0 cm³/mol.